The van der Waals surface area contributed by atoms with Gasteiger partial charge in [0.15, 0.2) is 0 Å². The fourth-order valence-electron chi connectivity index (χ4n) is 1.82. The standard InChI is InChI=1S/C13H14ClF2N3/c1-3-10-13(14)12(19(2)18-10)7-17-11-6-8(15)4-5-9(11)16/h4-6,17H,3,7H2,1-2H3. The van der Waals surface area contributed by atoms with Crippen LogP contribution in [0, 0.1) is 11.6 Å². The third-order valence-electron chi connectivity index (χ3n) is 2.88. The lowest BCUT2D eigenvalue weighted by atomic mass is 10.2. The molecule has 1 aromatic heterocycles. The number of anilines is 1. The molecule has 0 spiro atoms. The Morgan fingerprint density at radius 2 is 2.11 bits per heavy atom. The summed E-state index contributed by atoms with van der Waals surface area (Å²) >= 11 is 6.18. The van der Waals surface area contributed by atoms with E-state index in [4.69, 9.17) is 11.6 Å². The van der Waals surface area contributed by atoms with Crippen molar-refractivity contribution in [3.63, 3.8) is 0 Å². The smallest absolute Gasteiger partial charge is 0.146 e. The van der Waals surface area contributed by atoms with Crippen LogP contribution >= 0.6 is 11.6 Å². The molecule has 1 N–H and O–H groups in total. The first-order chi connectivity index (χ1) is 9.02. The zero-order chi connectivity index (χ0) is 14.0. The molecule has 0 unspecified atom stereocenters. The summed E-state index contributed by atoms with van der Waals surface area (Å²) in [6.45, 7) is 2.24. The van der Waals surface area contributed by atoms with Crippen LogP contribution in [0.15, 0.2) is 18.2 Å². The van der Waals surface area contributed by atoms with Gasteiger partial charge in [0.2, 0.25) is 0 Å². The van der Waals surface area contributed by atoms with E-state index in [1.54, 1.807) is 11.7 Å². The second kappa shape index (κ2) is 5.57. The molecule has 0 aliphatic heterocycles. The molecule has 0 radical (unpaired) electrons. The van der Waals surface area contributed by atoms with Gasteiger partial charge in [-0.15, -0.1) is 0 Å². The SMILES string of the molecule is CCc1nn(C)c(CNc2cc(F)ccc2F)c1Cl. The van der Waals surface area contributed by atoms with Gasteiger partial charge in [-0.2, -0.15) is 5.10 Å². The van der Waals surface area contributed by atoms with E-state index in [1.807, 2.05) is 6.92 Å². The maximum Gasteiger partial charge on any atom is 0.146 e. The zero-order valence-corrected chi connectivity index (χ0v) is 11.4. The lowest BCUT2D eigenvalue weighted by molar-refractivity contribution is 0.601. The Kier molecular flexibility index (Phi) is 4.04. The fourth-order valence-corrected chi connectivity index (χ4v) is 2.18. The Morgan fingerprint density at radius 1 is 1.37 bits per heavy atom. The van der Waals surface area contributed by atoms with Crippen molar-refractivity contribution >= 4 is 17.3 Å². The van der Waals surface area contributed by atoms with Gasteiger partial charge in [-0.25, -0.2) is 8.78 Å². The average Bonchev–Trinajstić information content (AvgIpc) is 2.66. The molecule has 3 nitrogen and oxygen atoms in total. The molecule has 0 fully saturated rings. The van der Waals surface area contributed by atoms with Crippen molar-refractivity contribution in [2.24, 2.45) is 7.05 Å². The molecule has 2 rings (SSSR count). The van der Waals surface area contributed by atoms with Crippen LogP contribution in [0.25, 0.3) is 0 Å². The van der Waals surface area contributed by atoms with Gasteiger partial charge in [0.25, 0.3) is 0 Å². The van der Waals surface area contributed by atoms with Gasteiger partial charge in [0.05, 0.1) is 28.6 Å². The van der Waals surface area contributed by atoms with Crippen LogP contribution in [-0.2, 0) is 20.0 Å². The lowest BCUT2D eigenvalue weighted by Gasteiger charge is -2.08. The maximum atomic E-state index is 13.5. The van der Waals surface area contributed by atoms with Crippen molar-refractivity contribution in [1.29, 1.82) is 0 Å². The highest BCUT2D eigenvalue weighted by Gasteiger charge is 2.13. The monoisotopic (exact) mass is 285 g/mol. The van der Waals surface area contributed by atoms with Gasteiger partial charge in [0, 0.05) is 7.05 Å². The summed E-state index contributed by atoms with van der Waals surface area (Å²) in [4.78, 5) is 0. The Balaban J connectivity index is 2.19. The first-order valence-corrected chi connectivity index (χ1v) is 6.30. The maximum absolute atomic E-state index is 13.5. The molecule has 2 aromatic rings. The van der Waals surface area contributed by atoms with E-state index in [-0.39, 0.29) is 12.2 Å². The average molecular weight is 286 g/mol. The lowest BCUT2D eigenvalue weighted by Crippen LogP contribution is -2.07. The summed E-state index contributed by atoms with van der Waals surface area (Å²) in [5.74, 6) is -0.996. The molecule has 0 saturated heterocycles. The number of benzene rings is 1. The largest absolute Gasteiger partial charge is 0.377 e. The molecule has 102 valence electrons. The Labute approximate surface area is 115 Å². The van der Waals surface area contributed by atoms with Crippen molar-refractivity contribution in [3.8, 4) is 0 Å². The zero-order valence-electron chi connectivity index (χ0n) is 10.7. The molecule has 6 heteroatoms. The van der Waals surface area contributed by atoms with Crippen molar-refractivity contribution in [2.45, 2.75) is 19.9 Å². The Bertz CT molecular complexity index is 596. The van der Waals surface area contributed by atoms with Gasteiger partial charge < -0.3 is 5.32 Å². The van der Waals surface area contributed by atoms with Gasteiger partial charge in [-0.1, -0.05) is 18.5 Å². The first kappa shape index (κ1) is 13.8. The number of rotatable bonds is 4. The molecule has 0 aliphatic carbocycles. The topological polar surface area (TPSA) is 29.9 Å². The molecular weight excluding hydrogens is 272 g/mol. The highest BCUT2D eigenvalue weighted by atomic mass is 35.5. The van der Waals surface area contributed by atoms with Gasteiger partial charge in [-0.3, -0.25) is 4.68 Å². The minimum Gasteiger partial charge on any atom is -0.377 e. The second-order valence-corrected chi connectivity index (χ2v) is 4.54. The molecule has 0 saturated carbocycles. The Morgan fingerprint density at radius 3 is 2.74 bits per heavy atom. The van der Waals surface area contributed by atoms with Gasteiger partial charge >= 0.3 is 0 Å². The van der Waals surface area contributed by atoms with E-state index in [1.165, 1.54) is 0 Å². The quantitative estimate of drug-likeness (QED) is 0.931. The minimum absolute atomic E-state index is 0.107. The van der Waals surface area contributed by atoms with Crippen molar-refractivity contribution in [2.75, 3.05) is 5.32 Å². The number of halogens is 3. The summed E-state index contributed by atoms with van der Waals surface area (Å²) in [7, 11) is 1.77. The highest BCUT2D eigenvalue weighted by molar-refractivity contribution is 6.31. The highest BCUT2D eigenvalue weighted by Crippen LogP contribution is 2.23. The van der Waals surface area contributed by atoms with E-state index in [2.05, 4.69) is 10.4 Å². The molecule has 1 aromatic carbocycles. The van der Waals surface area contributed by atoms with E-state index < -0.39 is 11.6 Å². The predicted octanol–water partition coefficient (Wildman–Crippen LogP) is 3.53. The number of aryl methyl sites for hydroxylation is 2. The molecule has 0 bridgehead atoms. The normalized spacial score (nSPS) is 10.8. The van der Waals surface area contributed by atoms with E-state index in [0.29, 0.717) is 5.02 Å². The number of nitrogens with zero attached hydrogens (tertiary/aromatic N) is 2. The van der Waals surface area contributed by atoms with Crippen LogP contribution < -0.4 is 5.32 Å². The number of hydrogen-bond donors (Lipinski definition) is 1. The molecular formula is C13H14ClF2N3. The third kappa shape index (κ3) is 2.87. The van der Waals surface area contributed by atoms with E-state index in [0.717, 1.165) is 36.0 Å². The number of hydrogen-bond acceptors (Lipinski definition) is 2. The number of aromatic nitrogens is 2. The van der Waals surface area contributed by atoms with Crippen LogP contribution in [0.2, 0.25) is 5.02 Å². The van der Waals surface area contributed by atoms with Crippen LogP contribution in [0.4, 0.5) is 14.5 Å². The molecule has 0 aliphatic rings. The fraction of sp³-hybridized carbons (Fsp3) is 0.308. The Hall–Kier alpha value is -1.62. The van der Waals surface area contributed by atoms with E-state index in [9.17, 15) is 8.78 Å². The number of nitrogens with one attached hydrogen (secondary N) is 1. The van der Waals surface area contributed by atoms with E-state index >= 15 is 0 Å². The summed E-state index contributed by atoms with van der Waals surface area (Å²) < 4.78 is 28.1. The molecule has 19 heavy (non-hydrogen) atoms. The van der Waals surface area contributed by atoms with Crippen LogP contribution in [-0.4, -0.2) is 9.78 Å². The summed E-state index contributed by atoms with van der Waals surface area (Å²) in [6.07, 6.45) is 0.723. The summed E-state index contributed by atoms with van der Waals surface area (Å²) in [5.41, 5.74) is 1.64. The second-order valence-electron chi connectivity index (χ2n) is 4.16. The first-order valence-electron chi connectivity index (χ1n) is 5.92. The summed E-state index contributed by atoms with van der Waals surface area (Å²) in [5, 5.41) is 7.65. The van der Waals surface area contributed by atoms with Crippen LogP contribution in [0.1, 0.15) is 18.3 Å². The molecule has 0 atom stereocenters. The molecule has 1 heterocycles. The van der Waals surface area contributed by atoms with Crippen LogP contribution in [0.5, 0.6) is 0 Å². The van der Waals surface area contributed by atoms with Crippen molar-refractivity contribution in [3.05, 3.63) is 46.2 Å². The van der Waals surface area contributed by atoms with Gasteiger partial charge in [-0.05, 0) is 24.6 Å². The van der Waals surface area contributed by atoms with Gasteiger partial charge in [0.1, 0.15) is 11.6 Å². The van der Waals surface area contributed by atoms with Crippen LogP contribution in [0.3, 0.4) is 0 Å². The summed E-state index contributed by atoms with van der Waals surface area (Å²) in [6, 6.07) is 3.27. The van der Waals surface area contributed by atoms with Crippen molar-refractivity contribution < 1.29 is 8.78 Å². The third-order valence-corrected chi connectivity index (χ3v) is 3.31. The minimum atomic E-state index is -0.504. The van der Waals surface area contributed by atoms with Crippen molar-refractivity contribution in [1.82, 2.24) is 9.78 Å². The molecule has 0 amide bonds. The predicted molar refractivity (Wildman–Crippen MR) is 71.3 cm³/mol.